The third-order valence-corrected chi connectivity index (χ3v) is 5.49. The number of methoxy groups -OCH3 is 1. The van der Waals surface area contributed by atoms with Crippen LogP contribution in [-0.2, 0) is 6.54 Å². The first-order valence-corrected chi connectivity index (χ1v) is 9.53. The molecular weight excluding hydrogens is 397 g/mol. The molecule has 2 bridgehead atoms. The first-order chi connectivity index (χ1) is 13.9. The normalized spacial score (nSPS) is 16.2. The lowest BCUT2D eigenvalue weighted by Gasteiger charge is -2.23. The van der Waals surface area contributed by atoms with Crippen molar-refractivity contribution in [1.82, 2.24) is 19.2 Å². The molecule has 1 aromatic carbocycles. The Labute approximate surface area is 170 Å². The molecule has 10 heteroatoms. The minimum Gasteiger partial charge on any atom is -0.486 e. The van der Waals surface area contributed by atoms with Crippen LogP contribution in [0.2, 0.25) is 0 Å². The summed E-state index contributed by atoms with van der Waals surface area (Å²) in [6.45, 7) is 1.91. The van der Waals surface area contributed by atoms with E-state index in [1.165, 1.54) is 36.4 Å². The molecule has 3 aromatic rings. The lowest BCUT2D eigenvalue weighted by molar-refractivity contribution is 0.0778. The van der Waals surface area contributed by atoms with Gasteiger partial charge in [0.25, 0.3) is 11.8 Å². The molecule has 0 saturated carbocycles. The predicted octanol–water partition coefficient (Wildman–Crippen LogP) is 3.06. The zero-order valence-corrected chi connectivity index (χ0v) is 16.8. The molecule has 2 N–H and O–H groups in total. The smallest absolute Gasteiger partial charge is 0.258 e. The number of nitrogen functional groups attached to an aromatic ring is 1. The number of aromatic nitrogens is 3. The molecule has 0 saturated heterocycles. The summed E-state index contributed by atoms with van der Waals surface area (Å²) in [6, 6.07) is 3.97. The van der Waals surface area contributed by atoms with E-state index < -0.39 is 11.9 Å². The molecule has 1 atom stereocenters. The van der Waals surface area contributed by atoms with E-state index in [0.29, 0.717) is 33.1 Å². The summed E-state index contributed by atoms with van der Waals surface area (Å²) in [5.74, 6) is -0.578. The topological polar surface area (TPSA) is 103 Å². The lowest BCUT2D eigenvalue weighted by atomic mass is 10.0. The zero-order valence-electron chi connectivity index (χ0n) is 16.0. The van der Waals surface area contributed by atoms with Gasteiger partial charge in [0.2, 0.25) is 5.06 Å². The third-order valence-electron chi connectivity index (χ3n) is 4.64. The van der Waals surface area contributed by atoms with Crippen LogP contribution in [0.1, 0.15) is 34.6 Å². The summed E-state index contributed by atoms with van der Waals surface area (Å²) in [7, 11) is 3.19. The number of nitrogens with two attached hydrogens (primary N) is 1. The Kier molecular flexibility index (Phi) is 4.79. The Morgan fingerprint density at radius 2 is 2.21 bits per heavy atom. The molecule has 1 aliphatic heterocycles. The van der Waals surface area contributed by atoms with Gasteiger partial charge >= 0.3 is 0 Å². The highest BCUT2D eigenvalue weighted by Crippen LogP contribution is 2.38. The number of hydrogen-bond acceptors (Lipinski definition) is 8. The predicted molar refractivity (Wildman–Crippen MR) is 105 cm³/mol. The number of nitrogens with zero attached hydrogens (tertiary/aromatic N) is 4. The summed E-state index contributed by atoms with van der Waals surface area (Å²) >= 11 is 1.15. The monoisotopic (exact) mass is 415 g/mol. The van der Waals surface area contributed by atoms with Crippen molar-refractivity contribution < 1.29 is 18.7 Å². The minimum absolute atomic E-state index is 0.0859. The largest absolute Gasteiger partial charge is 0.486 e. The van der Waals surface area contributed by atoms with Gasteiger partial charge in [-0.1, -0.05) is 0 Å². The summed E-state index contributed by atoms with van der Waals surface area (Å²) < 4.78 is 29.7. The highest BCUT2D eigenvalue weighted by atomic mass is 32.1. The maximum absolute atomic E-state index is 13.9. The van der Waals surface area contributed by atoms with Crippen LogP contribution >= 0.6 is 11.5 Å². The summed E-state index contributed by atoms with van der Waals surface area (Å²) in [4.78, 5) is 23.3. The summed E-state index contributed by atoms with van der Waals surface area (Å²) in [6.07, 6.45) is 0.815. The number of rotatable bonds is 1. The maximum Gasteiger partial charge on any atom is 0.258 e. The average molecular weight is 415 g/mol. The number of carbonyl (C=O) groups excluding carboxylic acids is 1. The van der Waals surface area contributed by atoms with Gasteiger partial charge in [-0.05, 0) is 25.1 Å². The molecule has 0 aliphatic carbocycles. The molecule has 3 heterocycles. The number of halogens is 1. The van der Waals surface area contributed by atoms with Gasteiger partial charge < -0.3 is 20.1 Å². The second-order valence-electron chi connectivity index (χ2n) is 6.59. The van der Waals surface area contributed by atoms with Gasteiger partial charge in [0.1, 0.15) is 11.9 Å². The Balaban J connectivity index is 1.94. The standard InChI is InChI=1S/C19H18FN5O3S/c1-9-12-6-10(20)4-5-11(12)18(26)25(2)8-14-15(19(27-3)29-24-14)13-7-22-16(21)17(23-13)28-9/h4-7,9H,8H2,1-3H3,(H2,21,22). The van der Waals surface area contributed by atoms with Crippen molar-refractivity contribution in [2.24, 2.45) is 0 Å². The first kappa shape index (κ1) is 19.1. The molecule has 150 valence electrons. The van der Waals surface area contributed by atoms with Crippen LogP contribution in [0.5, 0.6) is 10.9 Å². The van der Waals surface area contributed by atoms with E-state index in [9.17, 15) is 9.18 Å². The van der Waals surface area contributed by atoms with Crippen molar-refractivity contribution >= 4 is 23.3 Å². The Morgan fingerprint density at radius 1 is 1.41 bits per heavy atom. The minimum atomic E-state index is -0.689. The SMILES string of the molecule is COc1snc2c1-c1cnc(N)c(n1)OC(C)c1cc(F)ccc1C(=O)N(C)C2. The van der Waals surface area contributed by atoms with Gasteiger partial charge in [-0.3, -0.25) is 4.79 Å². The highest BCUT2D eigenvalue weighted by Gasteiger charge is 2.27. The van der Waals surface area contributed by atoms with Crippen LogP contribution in [0.3, 0.4) is 0 Å². The van der Waals surface area contributed by atoms with Gasteiger partial charge in [0.15, 0.2) is 5.82 Å². The lowest BCUT2D eigenvalue weighted by Crippen LogP contribution is -2.28. The van der Waals surface area contributed by atoms with Crippen molar-refractivity contribution in [3.05, 3.63) is 47.0 Å². The fourth-order valence-electron chi connectivity index (χ4n) is 3.19. The number of hydrogen-bond donors (Lipinski definition) is 1. The van der Waals surface area contributed by atoms with Gasteiger partial charge in [-0.2, -0.15) is 4.37 Å². The van der Waals surface area contributed by atoms with Gasteiger partial charge in [-0.25, -0.2) is 14.4 Å². The number of benzene rings is 1. The summed E-state index contributed by atoms with van der Waals surface area (Å²) in [5, 5.41) is 0.540. The van der Waals surface area contributed by atoms with E-state index in [-0.39, 0.29) is 24.1 Å². The Hall–Kier alpha value is -3.27. The maximum atomic E-state index is 13.9. The molecule has 0 fully saturated rings. The van der Waals surface area contributed by atoms with E-state index >= 15 is 0 Å². The second-order valence-corrected chi connectivity index (χ2v) is 7.33. The van der Waals surface area contributed by atoms with Crippen molar-refractivity contribution in [1.29, 1.82) is 0 Å². The van der Waals surface area contributed by atoms with Crippen LogP contribution in [0.4, 0.5) is 10.2 Å². The first-order valence-electron chi connectivity index (χ1n) is 8.76. The van der Waals surface area contributed by atoms with Crippen LogP contribution in [0, 0.1) is 5.82 Å². The quantitative estimate of drug-likeness (QED) is 0.651. The van der Waals surface area contributed by atoms with E-state index in [2.05, 4.69) is 14.3 Å². The third kappa shape index (κ3) is 3.35. The fourth-order valence-corrected chi connectivity index (χ4v) is 3.92. The zero-order chi connectivity index (χ0) is 20.7. The van der Waals surface area contributed by atoms with Gasteiger partial charge in [-0.15, -0.1) is 0 Å². The van der Waals surface area contributed by atoms with Crippen molar-refractivity contribution in [2.45, 2.75) is 19.6 Å². The molecule has 1 amide bonds. The number of carbonyl (C=O) groups is 1. The van der Waals surface area contributed by atoms with Gasteiger partial charge in [0, 0.05) is 29.7 Å². The molecule has 0 radical (unpaired) electrons. The van der Waals surface area contributed by atoms with Crippen LogP contribution < -0.4 is 15.2 Å². The van der Waals surface area contributed by atoms with Crippen LogP contribution in [0.15, 0.2) is 24.4 Å². The van der Waals surface area contributed by atoms with Crippen molar-refractivity contribution in [2.75, 3.05) is 19.9 Å². The molecule has 8 nitrogen and oxygen atoms in total. The van der Waals surface area contributed by atoms with E-state index in [0.717, 1.165) is 11.5 Å². The van der Waals surface area contributed by atoms with E-state index in [1.54, 1.807) is 14.0 Å². The Morgan fingerprint density at radius 3 is 2.97 bits per heavy atom. The molecular formula is C19H18FN5O3S. The molecule has 2 aromatic heterocycles. The number of amides is 1. The molecule has 1 aliphatic rings. The fraction of sp³-hybridized carbons (Fsp3) is 0.263. The van der Waals surface area contributed by atoms with Gasteiger partial charge in [0.05, 0.1) is 36.8 Å². The van der Waals surface area contributed by atoms with Crippen LogP contribution in [-0.4, -0.2) is 39.3 Å². The highest BCUT2D eigenvalue weighted by molar-refractivity contribution is 7.08. The number of fused-ring (bicyclic) bond motifs is 5. The molecule has 4 rings (SSSR count). The van der Waals surface area contributed by atoms with E-state index in [1.807, 2.05) is 0 Å². The molecule has 29 heavy (non-hydrogen) atoms. The van der Waals surface area contributed by atoms with Crippen LogP contribution in [0.25, 0.3) is 11.3 Å². The molecule has 0 spiro atoms. The number of anilines is 1. The van der Waals surface area contributed by atoms with Crippen molar-refractivity contribution in [3.63, 3.8) is 0 Å². The number of ether oxygens (including phenoxy) is 2. The Bertz CT molecular complexity index is 1100. The molecule has 1 unspecified atom stereocenters. The summed E-state index contributed by atoms with van der Waals surface area (Å²) in [5.41, 5.74) is 8.36. The van der Waals surface area contributed by atoms with E-state index in [4.69, 9.17) is 15.2 Å². The average Bonchev–Trinajstić information content (AvgIpc) is 3.10. The second kappa shape index (κ2) is 7.28. The van der Waals surface area contributed by atoms with Crippen molar-refractivity contribution in [3.8, 4) is 22.2 Å².